The van der Waals surface area contributed by atoms with Gasteiger partial charge in [0.15, 0.2) is 13.6 Å². The van der Waals surface area contributed by atoms with Crippen LogP contribution in [0.15, 0.2) is 42.2 Å². The average molecular weight is 1260 g/mol. The molecular weight excluding hydrogens is 1250 g/mol. The summed E-state index contributed by atoms with van der Waals surface area (Å²) in [6.45, 7) is 4.25. The summed E-state index contributed by atoms with van der Waals surface area (Å²) in [4.78, 5) is 0. The van der Waals surface area contributed by atoms with Crippen LogP contribution < -0.4 is 9.47 Å². The van der Waals surface area contributed by atoms with Crippen molar-refractivity contribution in [3.05, 3.63) is 53.3 Å². The molecule has 0 aromatic heterocycles. The fourth-order valence-electron chi connectivity index (χ4n) is 2.85. The van der Waals surface area contributed by atoms with Crippen LogP contribution >= 0.6 is 191 Å². The third-order valence-corrected chi connectivity index (χ3v) is 10.6. The molecule has 2 aromatic rings. The van der Waals surface area contributed by atoms with Crippen LogP contribution in [0.3, 0.4) is 0 Å². The molecule has 0 atom stereocenters. The SMILES string of the molecule is CC(C)(c1ccc(OC(Br)(Br)OC(Br)Br)cc1)c1c(Br)c(Br)c(OC(Br)(Br)OC(Br)Br)c(Br)c1Br. The van der Waals surface area contributed by atoms with E-state index in [2.05, 4.69) is 205 Å². The molecule has 0 fully saturated rings. The van der Waals surface area contributed by atoms with Crippen molar-refractivity contribution >= 4 is 191 Å². The predicted octanol–water partition coefficient (Wildman–Crippen LogP) is 12.8. The van der Waals surface area contributed by atoms with E-state index < -0.39 is 20.5 Å². The summed E-state index contributed by atoms with van der Waals surface area (Å²) in [6.07, 6.45) is 0. The minimum absolute atomic E-state index is 0.406. The van der Waals surface area contributed by atoms with Gasteiger partial charge in [-0.1, -0.05) is 26.0 Å². The Bertz CT molecular complexity index is 1010. The largest absolute Gasteiger partial charge is 0.443 e. The Labute approximate surface area is 304 Å². The molecule has 0 saturated heterocycles. The molecule has 16 heteroatoms. The zero-order valence-electron chi connectivity index (χ0n) is 17.1. The number of ether oxygens (including phenoxy) is 4. The first kappa shape index (κ1) is 34.9. The number of alkyl halides is 8. The van der Waals surface area contributed by atoms with Crippen LogP contribution in [0.2, 0.25) is 0 Å². The fourth-order valence-corrected chi connectivity index (χ4v) is 10.6. The van der Waals surface area contributed by atoms with E-state index >= 15 is 0 Å². The summed E-state index contributed by atoms with van der Waals surface area (Å²) >= 11 is 41.4. The Kier molecular flexibility index (Phi) is 14.2. The fraction of sp³-hybridized carbons (Fsp3) is 0.368. The van der Waals surface area contributed by atoms with E-state index in [4.69, 9.17) is 18.9 Å². The highest BCUT2D eigenvalue weighted by Gasteiger charge is 2.36. The van der Waals surface area contributed by atoms with Crippen molar-refractivity contribution in [2.75, 3.05) is 0 Å². The second-order valence-corrected chi connectivity index (χ2v) is 22.3. The molecule has 2 rings (SSSR count). The van der Waals surface area contributed by atoms with E-state index in [-0.39, 0.29) is 0 Å². The van der Waals surface area contributed by atoms with E-state index in [1.54, 1.807) is 0 Å². The second kappa shape index (κ2) is 14.3. The standard InChI is InChI=1S/C19H12Br12O4/c1-17(2,7-3-5-8(6-4-7)32-18(28,29)34-15(24)25)9-10(20)12(22)14(13(23)11(9)21)33-19(30,31)35-16(26)27/h3-6,15-16H,1-2H3. The summed E-state index contributed by atoms with van der Waals surface area (Å²) in [5.41, 5.74) is 1.61. The maximum atomic E-state index is 6.05. The summed E-state index contributed by atoms with van der Waals surface area (Å²) in [7, 11) is 0. The molecule has 0 aliphatic carbocycles. The normalized spacial score (nSPS) is 13.0. The van der Waals surface area contributed by atoms with Crippen LogP contribution in [-0.2, 0) is 14.9 Å². The molecule has 0 radical (unpaired) electrons. The van der Waals surface area contributed by atoms with Crippen LogP contribution in [0.4, 0.5) is 0 Å². The molecule has 35 heavy (non-hydrogen) atoms. The van der Waals surface area contributed by atoms with Gasteiger partial charge in [-0.25, -0.2) is 0 Å². The van der Waals surface area contributed by atoms with Gasteiger partial charge in [0.25, 0.3) is 0 Å². The Balaban J connectivity index is 2.44. The minimum atomic E-state index is -1.29. The lowest BCUT2D eigenvalue weighted by molar-refractivity contribution is -0.0156. The topological polar surface area (TPSA) is 36.9 Å². The number of rotatable bonds is 10. The molecule has 196 valence electrons. The van der Waals surface area contributed by atoms with Crippen LogP contribution in [0.1, 0.15) is 25.0 Å². The van der Waals surface area contributed by atoms with Gasteiger partial charge in [-0.2, -0.15) is 0 Å². The van der Waals surface area contributed by atoms with Crippen molar-refractivity contribution in [3.63, 3.8) is 0 Å². The third kappa shape index (κ3) is 9.90. The maximum Gasteiger partial charge on any atom is 0.328 e. The van der Waals surface area contributed by atoms with Crippen molar-refractivity contribution in [2.45, 2.75) is 34.3 Å². The highest BCUT2D eigenvalue weighted by Crippen LogP contribution is 2.53. The summed E-state index contributed by atoms with van der Waals surface area (Å²) in [6, 6.07) is 7.74. The van der Waals surface area contributed by atoms with Gasteiger partial charge in [0.1, 0.15) is 5.75 Å². The molecule has 0 bridgehead atoms. The van der Waals surface area contributed by atoms with Gasteiger partial charge in [-0.05, 0) is 151 Å². The molecule has 4 nitrogen and oxygen atoms in total. The lowest BCUT2D eigenvalue weighted by Crippen LogP contribution is -2.27. The third-order valence-electron chi connectivity index (χ3n) is 4.33. The highest BCUT2D eigenvalue weighted by atomic mass is 79.9. The van der Waals surface area contributed by atoms with Crippen LogP contribution in [0, 0.1) is 0 Å². The van der Waals surface area contributed by atoms with Crippen LogP contribution in [0.5, 0.6) is 11.5 Å². The molecule has 0 heterocycles. The van der Waals surface area contributed by atoms with Gasteiger partial charge in [0.2, 0.25) is 0 Å². The van der Waals surface area contributed by atoms with E-state index in [1.807, 2.05) is 24.3 Å². The Morgan fingerprint density at radius 2 is 1.03 bits per heavy atom. The predicted molar refractivity (Wildman–Crippen MR) is 184 cm³/mol. The number of halogens is 12. The lowest BCUT2D eigenvalue weighted by Gasteiger charge is -2.32. The van der Waals surface area contributed by atoms with Crippen molar-refractivity contribution in [1.82, 2.24) is 0 Å². The summed E-state index contributed by atoms with van der Waals surface area (Å²) in [5, 5.41) is 0. The molecule has 0 unspecified atom stereocenters. The molecule has 0 aliphatic rings. The van der Waals surface area contributed by atoms with Crippen LogP contribution in [-0.4, -0.2) is 15.1 Å². The zero-order valence-corrected chi connectivity index (χ0v) is 36.2. The zero-order chi connectivity index (χ0) is 26.9. The maximum absolute atomic E-state index is 6.05. The number of hydrogen-bond donors (Lipinski definition) is 0. The summed E-state index contributed by atoms with van der Waals surface area (Å²) in [5.74, 6) is 1.11. The number of hydrogen-bond acceptors (Lipinski definition) is 4. The first-order chi connectivity index (χ1) is 15.9. The van der Waals surface area contributed by atoms with Gasteiger partial charge < -0.3 is 9.47 Å². The molecular formula is C19H12Br12O4. The van der Waals surface area contributed by atoms with Crippen molar-refractivity contribution in [2.24, 2.45) is 0 Å². The lowest BCUT2D eigenvalue weighted by atomic mass is 9.78. The van der Waals surface area contributed by atoms with Crippen molar-refractivity contribution in [3.8, 4) is 11.5 Å². The van der Waals surface area contributed by atoms with Crippen molar-refractivity contribution in [1.29, 1.82) is 0 Å². The average Bonchev–Trinajstić information content (AvgIpc) is 2.67. The van der Waals surface area contributed by atoms with E-state index in [9.17, 15) is 0 Å². The molecule has 0 saturated carbocycles. The van der Waals surface area contributed by atoms with Crippen LogP contribution in [0.25, 0.3) is 0 Å². The van der Waals surface area contributed by atoms with E-state index in [1.165, 1.54) is 0 Å². The number of benzene rings is 2. The van der Waals surface area contributed by atoms with Gasteiger partial charge in [-0.15, -0.1) is 0 Å². The minimum Gasteiger partial charge on any atom is -0.443 e. The first-order valence-electron chi connectivity index (χ1n) is 8.90. The first-order valence-corrected chi connectivity index (χ1v) is 18.9. The molecule has 0 aliphatic heterocycles. The van der Waals surface area contributed by atoms with E-state index in [0.29, 0.717) is 20.4 Å². The molecule has 2 aromatic carbocycles. The second-order valence-electron chi connectivity index (χ2n) is 7.00. The molecule has 0 N–H and O–H groups in total. The Morgan fingerprint density at radius 3 is 1.43 bits per heavy atom. The Morgan fingerprint density at radius 1 is 0.629 bits per heavy atom. The smallest absolute Gasteiger partial charge is 0.328 e. The van der Waals surface area contributed by atoms with Gasteiger partial charge in [0.05, 0.1) is 8.95 Å². The van der Waals surface area contributed by atoms with E-state index in [0.717, 1.165) is 20.1 Å². The van der Waals surface area contributed by atoms with Gasteiger partial charge in [-0.3, -0.25) is 9.47 Å². The Hall–Kier alpha value is 3.72. The quantitative estimate of drug-likeness (QED) is 0.135. The highest BCUT2D eigenvalue weighted by molar-refractivity contribution is 9.26. The molecule has 0 spiro atoms. The van der Waals surface area contributed by atoms with Crippen molar-refractivity contribution < 1.29 is 18.9 Å². The van der Waals surface area contributed by atoms with Gasteiger partial charge >= 0.3 is 7.21 Å². The molecule has 0 amide bonds. The summed E-state index contributed by atoms with van der Waals surface area (Å²) < 4.78 is 22.7. The van der Waals surface area contributed by atoms with Gasteiger partial charge in [0, 0.05) is 78.1 Å². The monoisotopic (exact) mass is 1250 g/mol.